The summed E-state index contributed by atoms with van der Waals surface area (Å²) in [4.78, 5) is 30.2. The van der Waals surface area contributed by atoms with E-state index in [0.29, 0.717) is 40.9 Å². The minimum atomic E-state index is -0.940. The quantitative estimate of drug-likeness (QED) is 0.573. The second-order valence-corrected chi connectivity index (χ2v) is 9.08. The summed E-state index contributed by atoms with van der Waals surface area (Å²) in [5.41, 5.74) is 0.571. The van der Waals surface area contributed by atoms with Crippen LogP contribution in [-0.4, -0.2) is 71.5 Å². The van der Waals surface area contributed by atoms with Gasteiger partial charge in [-0.1, -0.05) is 44.0 Å². The van der Waals surface area contributed by atoms with Crippen LogP contribution in [0.2, 0.25) is 10.0 Å². The van der Waals surface area contributed by atoms with Crippen molar-refractivity contribution in [3.8, 4) is 0 Å². The molecule has 1 unspecified atom stereocenters. The van der Waals surface area contributed by atoms with E-state index in [1.165, 1.54) is 4.90 Å². The van der Waals surface area contributed by atoms with Gasteiger partial charge in [0.15, 0.2) is 0 Å². The Morgan fingerprint density at radius 2 is 1.86 bits per heavy atom. The van der Waals surface area contributed by atoms with E-state index in [2.05, 4.69) is 0 Å². The zero-order chi connectivity index (χ0) is 21.2. The summed E-state index contributed by atoms with van der Waals surface area (Å²) in [6.45, 7) is 7.19. The van der Waals surface area contributed by atoms with Crippen LogP contribution >= 0.6 is 23.2 Å². The topological polar surface area (TPSA) is 64.1 Å². The molecule has 1 fully saturated rings. The summed E-state index contributed by atoms with van der Waals surface area (Å²) in [7, 11) is 3.68. The number of benzene rings is 1. The van der Waals surface area contributed by atoms with Gasteiger partial charge >= 0.3 is 6.09 Å². The van der Waals surface area contributed by atoms with Crippen LogP contribution in [0.1, 0.15) is 31.1 Å². The highest BCUT2D eigenvalue weighted by Gasteiger charge is 2.39. The van der Waals surface area contributed by atoms with E-state index in [1.807, 2.05) is 39.8 Å². The van der Waals surface area contributed by atoms with Gasteiger partial charge in [0.2, 0.25) is 5.78 Å². The number of piperazine rings is 1. The first-order chi connectivity index (χ1) is 12.9. The number of halogens is 2. The average molecular weight is 428 g/mol. The van der Waals surface area contributed by atoms with Gasteiger partial charge in [-0.15, -0.1) is 0 Å². The number of amides is 1. The largest absolute Gasteiger partial charge is 0.465 e. The van der Waals surface area contributed by atoms with E-state index >= 15 is 0 Å². The van der Waals surface area contributed by atoms with Crippen LogP contribution in [0.4, 0.5) is 4.79 Å². The van der Waals surface area contributed by atoms with Gasteiger partial charge in [0.1, 0.15) is 5.70 Å². The minimum absolute atomic E-state index is 0.216. The fraction of sp³-hybridized carbons (Fsp3) is 0.500. The first-order valence-corrected chi connectivity index (χ1v) is 9.80. The van der Waals surface area contributed by atoms with Crippen molar-refractivity contribution in [1.29, 1.82) is 0 Å². The molecule has 1 aliphatic rings. The highest BCUT2D eigenvalue weighted by molar-refractivity contribution is 6.37. The van der Waals surface area contributed by atoms with Gasteiger partial charge < -0.3 is 19.8 Å². The van der Waals surface area contributed by atoms with E-state index in [9.17, 15) is 14.7 Å². The summed E-state index contributed by atoms with van der Waals surface area (Å²) in [6, 6.07) is 4.54. The van der Waals surface area contributed by atoms with Crippen molar-refractivity contribution in [2.45, 2.75) is 26.8 Å². The van der Waals surface area contributed by atoms with Gasteiger partial charge in [0.05, 0.1) is 11.1 Å². The number of rotatable bonds is 4. The minimum Gasteiger partial charge on any atom is -0.465 e. The molecule has 0 radical (unpaired) electrons. The summed E-state index contributed by atoms with van der Waals surface area (Å²) >= 11 is 12.2. The first kappa shape index (κ1) is 22.4. The van der Waals surface area contributed by atoms with E-state index in [4.69, 9.17) is 23.2 Å². The lowest BCUT2D eigenvalue weighted by Gasteiger charge is -2.47. The third-order valence-electron chi connectivity index (χ3n) is 4.76. The molecule has 1 aliphatic heterocycles. The summed E-state index contributed by atoms with van der Waals surface area (Å²) < 4.78 is 0. The zero-order valence-electron chi connectivity index (χ0n) is 16.9. The van der Waals surface area contributed by atoms with Crippen molar-refractivity contribution in [2.75, 3.05) is 33.7 Å². The Morgan fingerprint density at radius 3 is 2.36 bits per heavy atom. The predicted molar refractivity (Wildman–Crippen MR) is 112 cm³/mol. The molecule has 6 nitrogen and oxygen atoms in total. The van der Waals surface area contributed by atoms with Gasteiger partial charge in [-0.2, -0.15) is 0 Å². The predicted octanol–water partition coefficient (Wildman–Crippen LogP) is 4.29. The zero-order valence-corrected chi connectivity index (χ0v) is 18.4. The summed E-state index contributed by atoms with van der Waals surface area (Å²) in [5, 5.41) is 10.3. The number of Topliss-reactive ketones (excluding diaryl/α,β-unsaturated/α-hetero) is 1. The Balaban J connectivity index is 2.41. The Bertz CT molecular complexity index is 787. The van der Waals surface area contributed by atoms with Crippen molar-refractivity contribution in [3.63, 3.8) is 0 Å². The van der Waals surface area contributed by atoms with Crippen molar-refractivity contribution >= 4 is 35.1 Å². The maximum atomic E-state index is 13.3. The van der Waals surface area contributed by atoms with Crippen LogP contribution in [0.15, 0.2) is 30.1 Å². The molecule has 8 heteroatoms. The third kappa shape index (κ3) is 5.11. The van der Waals surface area contributed by atoms with Crippen LogP contribution in [0.3, 0.4) is 0 Å². The van der Waals surface area contributed by atoms with Crippen LogP contribution in [0.25, 0.3) is 0 Å². The Labute approximate surface area is 176 Å². The molecule has 1 aromatic rings. The monoisotopic (exact) mass is 427 g/mol. The molecule has 28 heavy (non-hydrogen) atoms. The van der Waals surface area contributed by atoms with Crippen molar-refractivity contribution in [3.05, 3.63) is 45.7 Å². The standard InChI is InChI=1S/C20H27Cl2N3O3/c1-20(2,3)17-12-24(8-9-25(17)19(27)28)16(11-23(4)5)18(26)14-7-6-13(21)10-15(14)22/h6-7,10-11,17H,8-9,12H2,1-5H3,(H,27,28). The molecule has 0 bridgehead atoms. The van der Waals surface area contributed by atoms with Crippen LogP contribution in [0.5, 0.6) is 0 Å². The number of allylic oxidation sites excluding steroid dienone is 1. The lowest BCUT2D eigenvalue weighted by atomic mass is 9.84. The Morgan fingerprint density at radius 1 is 1.21 bits per heavy atom. The normalized spacial score (nSPS) is 18.2. The molecular formula is C20H27Cl2N3O3. The molecule has 1 saturated heterocycles. The van der Waals surface area contributed by atoms with Crippen molar-refractivity contribution < 1.29 is 14.7 Å². The van der Waals surface area contributed by atoms with E-state index in [1.54, 1.807) is 29.3 Å². The van der Waals surface area contributed by atoms with Gasteiger partial charge in [0, 0.05) is 50.5 Å². The van der Waals surface area contributed by atoms with Crippen molar-refractivity contribution in [1.82, 2.24) is 14.7 Å². The molecular weight excluding hydrogens is 401 g/mol. The fourth-order valence-electron chi connectivity index (χ4n) is 3.31. The molecule has 0 aliphatic carbocycles. The molecule has 0 spiro atoms. The second kappa shape index (κ2) is 8.62. The highest BCUT2D eigenvalue weighted by Crippen LogP contribution is 2.31. The smallest absolute Gasteiger partial charge is 0.407 e. The van der Waals surface area contributed by atoms with Gasteiger partial charge in [0.25, 0.3) is 0 Å². The molecule has 0 aromatic heterocycles. The molecule has 1 atom stereocenters. The van der Waals surface area contributed by atoms with Crippen LogP contribution in [0, 0.1) is 5.41 Å². The lowest BCUT2D eigenvalue weighted by molar-refractivity contribution is 0.0316. The van der Waals surface area contributed by atoms with E-state index < -0.39 is 6.09 Å². The third-order valence-corrected chi connectivity index (χ3v) is 5.30. The van der Waals surface area contributed by atoms with Gasteiger partial charge in [-0.05, 0) is 23.6 Å². The maximum Gasteiger partial charge on any atom is 0.407 e. The summed E-state index contributed by atoms with van der Waals surface area (Å²) in [5.74, 6) is -0.216. The molecule has 1 amide bonds. The number of hydrogen-bond donors (Lipinski definition) is 1. The number of carboxylic acid groups (broad SMARTS) is 1. The Hall–Kier alpha value is -1.92. The SMILES string of the molecule is CN(C)C=C(C(=O)c1ccc(Cl)cc1Cl)N1CCN(C(=O)O)C(C(C)(C)C)C1. The highest BCUT2D eigenvalue weighted by atomic mass is 35.5. The number of ketones is 1. The lowest BCUT2D eigenvalue weighted by Crippen LogP contribution is -2.59. The average Bonchev–Trinajstić information content (AvgIpc) is 2.57. The molecule has 0 saturated carbocycles. The Kier molecular flexibility index (Phi) is 6.88. The first-order valence-electron chi connectivity index (χ1n) is 9.04. The van der Waals surface area contributed by atoms with Crippen LogP contribution < -0.4 is 0 Å². The maximum absolute atomic E-state index is 13.3. The summed E-state index contributed by atoms with van der Waals surface area (Å²) in [6.07, 6.45) is 0.813. The van der Waals surface area contributed by atoms with Crippen LogP contribution in [-0.2, 0) is 0 Å². The number of carbonyl (C=O) groups is 2. The number of hydrogen-bond acceptors (Lipinski definition) is 4. The second-order valence-electron chi connectivity index (χ2n) is 8.24. The van der Waals surface area contributed by atoms with E-state index in [0.717, 1.165) is 0 Å². The number of carbonyl (C=O) groups excluding carboxylic acids is 1. The molecule has 2 rings (SSSR count). The van der Waals surface area contributed by atoms with E-state index in [-0.39, 0.29) is 17.2 Å². The molecule has 1 N–H and O–H groups in total. The van der Waals surface area contributed by atoms with Gasteiger partial charge in [-0.25, -0.2) is 4.79 Å². The molecule has 1 heterocycles. The number of nitrogens with zero attached hydrogens (tertiary/aromatic N) is 3. The van der Waals surface area contributed by atoms with Crippen molar-refractivity contribution in [2.24, 2.45) is 5.41 Å². The fourth-order valence-corrected chi connectivity index (χ4v) is 3.81. The molecule has 154 valence electrons. The van der Waals surface area contributed by atoms with Gasteiger partial charge in [-0.3, -0.25) is 4.79 Å². The molecule has 1 aromatic carbocycles.